The molecule has 0 aliphatic carbocycles. The Bertz CT molecular complexity index is 1330. The first-order valence-corrected chi connectivity index (χ1v) is 23.1. The molecule has 0 unspecified atom stereocenters. The summed E-state index contributed by atoms with van der Waals surface area (Å²) < 4.78 is 24.0. The normalized spacial score (nSPS) is 18.8. The second-order valence-corrected chi connectivity index (χ2v) is 16.5. The van der Waals surface area contributed by atoms with Gasteiger partial charge >= 0.3 is 0 Å². The first kappa shape index (κ1) is 45.7. The fourth-order valence-corrected chi connectivity index (χ4v) is 7.60. The van der Waals surface area contributed by atoms with E-state index in [4.69, 9.17) is 18.9 Å². The minimum absolute atomic E-state index is 0.707. The molecule has 0 fully saturated rings. The molecule has 14 rings (SSSR count). The van der Waals surface area contributed by atoms with Gasteiger partial charge in [0.05, 0.1) is 26.4 Å². The number of benzene rings is 4. The summed E-state index contributed by atoms with van der Waals surface area (Å²) in [6.45, 7) is 10.2. The van der Waals surface area contributed by atoms with Gasteiger partial charge in [0.2, 0.25) is 0 Å². The Kier molecular flexibility index (Phi) is 23.5. The number of ether oxygens (including phenoxy) is 4. The van der Waals surface area contributed by atoms with Crippen LogP contribution in [0.15, 0.2) is 97.1 Å². The number of hydrogen-bond donors (Lipinski definition) is 2. The average molecular weight is 793 g/mol. The van der Waals surface area contributed by atoms with Crippen LogP contribution in [-0.4, -0.2) is 26.4 Å². The zero-order valence-electron chi connectivity index (χ0n) is 35.8. The fourth-order valence-electron chi connectivity index (χ4n) is 7.60. The highest BCUT2D eigenvalue weighted by Crippen LogP contribution is 2.14. The largest absolute Gasteiger partial charge is 0.377 e. The molecular formula is C52H76N2O4+2. The van der Waals surface area contributed by atoms with E-state index in [0.717, 1.165) is 78.3 Å². The van der Waals surface area contributed by atoms with Crippen molar-refractivity contribution in [3.63, 3.8) is 0 Å². The summed E-state index contributed by atoms with van der Waals surface area (Å²) in [5, 5.41) is 4.76. The minimum atomic E-state index is 0.707. The molecule has 0 amide bonds. The van der Waals surface area contributed by atoms with Gasteiger partial charge in [-0.05, 0) is 47.9 Å². The van der Waals surface area contributed by atoms with Gasteiger partial charge in [0.1, 0.15) is 26.2 Å². The molecule has 0 atom stereocenters. The van der Waals surface area contributed by atoms with Crippen LogP contribution in [0.3, 0.4) is 0 Å². The predicted molar refractivity (Wildman–Crippen MR) is 237 cm³/mol. The Morgan fingerprint density at radius 3 is 0.603 bits per heavy atom. The number of hydrogen-bond acceptors (Lipinski definition) is 4. The summed E-state index contributed by atoms with van der Waals surface area (Å²) >= 11 is 0. The third-order valence-corrected chi connectivity index (χ3v) is 11.3. The lowest BCUT2D eigenvalue weighted by Gasteiger charge is -2.08. The summed E-state index contributed by atoms with van der Waals surface area (Å²) in [5.41, 5.74) is 10.5. The first-order valence-electron chi connectivity index (χ1n) is 23.1. The molecule has 4 aromatic rings. The molecule has 8 bridgehead atoms. The van der Waals surface area contributed by atoms with Crippen molar-refractivity contribution in [1.82, 2.24) is 0 Å². The van der Waals surface area contributed by atoms with Crippen LogP contribution < -0.4 is 10.6 Å². The molecule has 316 valence electrons. The van der Waals surface area contributed by atoms with Crippen LogP contribution in [0.2, 0.25) is 0 Å². The molecular weight excluding hydrogens is 717 g/mol. The molecule has 0 radical (unpaired) electrons. The van der Waals surface area contributed by atoms with E-state index in [9.17, 15) is 0 Å². The number of nitrogens with two attached hydrogens (primary N) is 2. The maximum atomic E-state index is 5.99. The van der Waals surface area contributed by atoms with Gasteiger partial charge in [0, 0.05) is 48.7 Å². The van der Waals surface area contributed by atoms with E-state index < -0.39 is 0 Å². The zero-order chi connectivity index (χ0) is 40.0. The van der Waals surface area contributed by atoms with Crippen molar-refractivity contribution in [3.05, 3.63) is 142 Å². The van der Waals surface area contributed by atoms with Crippen LogP contribution in [0.4, 0.5) is 0 Å². The monoisotopic (exact) mass is 793 g/mol. The summed E-state index contributed by atoms with van der Waals surface area (Å²) in [6.07, 6.45) is 20.2. The van der Waals surface area contributed by atoms with E-state index in [0.29, 0.717) is 26.4 Å². The van der Waals surface area contributed by atoms with E-state index in [1.54, 1.807) is 0 Å². The van der Waals surface area contributed by atoms with Crippen molar-refractivity contribution in [1.29, 1.82) is 0 Å². The third-order valence-electron chi connectivity index (χ3n) is 11.3. The number of quaternary nitrogens is 2. The summed E-state index contributed by atoms with van der Waals surface area (Å²) in [7, 11) is 0. The van der Waals surface area contributed by atoms with Gasteiger partial charge in [0.15, 0.2) is 0 Å². The standard InChI is InChI=1S/C52H74N2O4/c1-2-6-10-14-34-56-42-50-27-19-46(20-28-50)38-54-40-48-23-31-52(32-24-48)44-58-36-16-12-8-4-3-7-11-15-35-57-43-51-29-21-47(22-30-51)39-53-37-45-17-25-49(26-18-45)41-55-33-13-9-5-1/h17-32,53-54H,1-16,33-44H2/p+2. The van der Waals surface area contributed by atoms with Crippen LogP contribution in [0.25, 0.3) is 0 Å². The van der Waals surface area contributed by atoms with Crippen LogP contribution in [0.5, 0.6) is 0 Å². The highest BCUT2D eigenvalue weighted by Gasteiger charge is 2.04. The lowest BCUT2D eigenvalue weighted by molar-refractivity contribution is -0.686. The second kappa shape index (κ2) is 29.8. The zero-order valence-corrected chi connectivity index (χ0v) is 35.8. The lowest BCUT2D eigenvalue weighted by Crippen LogP contribution is -2.80. The fraction of sp³-hybridized carbons (Fsp3) is 0.538. The van der Waals surface area contributed by atoms with E-state index >= 15 is 0 Å². The Balaban J connectivity index is 0.960. The third kappa shape index (κ3) is 20.6. The van der Waals surface area contributed by atoms with Gasteiger partial charge in [-0.25, -0.2) is 0 Å². The summed E-state index contributed by atoms with van der Waals surface area (Å²) in [6, 6.07) is 35.8. The topological polar surface area (TPSA) is 70.1 Å². The molecule has 0 spiro atoms. The molecule has 0 aromatic heterocycles. The van der Waals surface area contributed by atoms with Crippen LogP contribution >= 0.6 is 0 Å². The average Bonchev–Trinajstić information content (AvgIpc) is 3.25. The van der Waals surface area contributed by atoms with Crippen molar-refractivity contribution in [3.8, 4) is 0 Å². The predicted octanol–water partition coefficient (Wildman–Crippen LogP) is 10.2. The molecule has 10 heterocycles. The van der Waals surface area contributed by atoms with Crippen molar-refractivity contribution in [2.75, 3.05) is 26.4 Å². The first-order chi connectivity index (χ1) is 28.8. The van der Waals surface area contributed by atoms with Gasteiger partial charge in [-0.15, -0.1) is 0 Å². The van der Waals surface area contributed by atoms with E-state index in [2.05, 4.69) is 108 Å². The molecule has 0 saturated carbocycles. The SMILES string of the molecule is c1cc2ccc1C[NH2+]Cc1ccc(cc1)COCCCCCCCCCCOCc1ccc(cc1)C[NH2+]Cc1ccc(cc1)COCCCCCCCCCCOC2. The van der Waals surface area contributed by atoms with Crippen LogP contribution in [0, 0.1) is 0 Å². The molecule has 4 aromatic carbocycles. The smallest absolute Gasteiger partial charge is 0.101 e. The molecule has 10 aliphatic rings. The van der Waals surface area contributed by atoms with Crippen LogP contribution in [0.1, 0.15) is 147 Å². The van der Waals surface area contributed by atoms with Gasteiger partial charge < -0.3 is 29.6 Å². The maximum absolute atomic E-state index is 5.99. The summed E-state index contributed by atoms with van der Waals surface area (Å²) in [4.78, 5) is 0. The quantitative estimate of drug-likeness (QED) is 0.186. The lowest BCUT2D eigenvalue weighted by atomic mass is 10.1. The van der Waals surface area contributed by atoms with Crippen molar-refractivity contribution < 1.29 is 29.6 Å². The molecule has 6 nitrogen and oxygen atoms in total. The molecule has 0 saturated heterocycles. The van der Waals surface area contributed by atoms with Crippen molar-refractivity contribution in [2.24, 2.45) is 0 Å². The molecule has 10 aliphatic heterocycles. The van der Waals surface area contributed by atoms with E-state index in [-0.39, 0.29) is 0 Å². The molecule has 4 N–H and O–H groups in total. The minimum Gasteiger partial charge on any atom is -0.377 e. The Labute approximate surface area is 351 Å². The second-order valence-electron chi connectivity index (χ2n) is 16.5. The molecule has 58 heavy (non-hydrogen) atoms. The highest BCUT2D eigenvalue weighted by atomic mass is 16.5. The molecule has 6 heteroatoms. The Morgan fingerprint density at radius 2 is 0.397 bits per heavy atom. The van der Waals surface area contributed by atoms with Crippen LogP contribution in [-0.2, 0) is 71.6 Å². The van der Waals surface area contributed by atoms with Gasteiger partial charge in [-0.3, -0.25) is 0 Å². The highest BCUT2D eigenvalue weighted by molar-refractivity contribution is 5.24. The summed E-state index contributed by atoms with van der Waals surface area (Å²) in [5.74, 6) is 0. The van der Waals surface area contributed by atoms with Gasteiger partial charge in [-0.2, -0.15) is 0 Å². The Hall–Kier alpha value is -3.36. The maximum Gasteiger partial charge on any atom is 0.101 e. The van der Waals surface area contributed by atoms with E-state index in [1.807, 2.05) is 0 Å². The Morgan fingerprint density at radius 1 is 0.224 bits per heavy atom. The van der Waals surface area contributed by atoms with Crippen molar-refractivity contribution in [2.45, 2.75) is 155 Å². The van der Waals surface area contributed by atoms with Gasteiger partial charge in [0.25, 0.3) is 0 Å². The van der Waals surface area contributed by atoms with Gasteiger partial charge in [-0.1, -0.05) is 174 Å². The number of rotatable bonds is 0. The van der Waals surface area contributed by atoms with E-state index in [1.165, 1.54) is 122 Å². The van der Waals surface area contributed by atoms with Crippen molar-refractivity contribution >= 4 is 0 Å².